The molecule has 0 saturated heterocycles. The second-order valence-electron chi connectivity index (χ2n) is 4.74. The third-order valence-corrected chi connectivity index (χ3v) is 5.83. The molecule has 12 heteroatoms. The summed E-state index contributed by atoms with van der Waals surface area (Å²) in [5.41, 5.74) is 0.329. The molecular formula is C14H10N2O7S2Zn. The van der Waals surface area contributed by atoms with E-state index in [1.165, 1.54) is 24.3 Å². The van der Waals surface area contributed by atoms with E-state index in [2.05, 4.69) is 9.44 Å². The van der Waals surface area contributed by atoms with Gasteiger partial charge < -0.3 is 24.5 Å². The number of amides is 2. The Morgan fingerprint density at radius 1 is 0.615 bits per heavy atom. The smallest absolute Gasteiger partial charge is 0.537 e. The summed E-state index contributed by atoms with van der Waals surface area (Å²) in [6, 6.07) is 12.0. The molecule has 0 spiro atoms. The van der Waals surface area contributed by atoms with Crippen LogP contribution in [-0.4, -0.2) is 34.1 Å². The molecule has 0 aromatic heterocycles. The van der Waals surface area contributed by atoms with Gasteiger partial charge in [-0.1, -0.05) is 36.4 Å². The topological polar surface area (TPSA) is 162 Å². The minimum Gasteiger partial charge on any atom is -0.537 e. The van der Waals surface area contributed by atoms with Crippen molar-refractivity contribution in [1.82, 2.24) is 0 Å². The molecular weight excluding hydrogens is 438 g/mol. The Hall–Kier alpha value is -2.14. The fraction of sp³-hybridized carbons (Fsp3) is 0. The quantitative estimate of drug-likeness (QED) is 0.546. The fourth-order valence-electron chi connectivity index (χ4n) is 2.15. The summed E-state index contributed by atoms with van der Waals surface area (Å²) in [6.45, 7) is 0. The number of fused-ring (bicyclic) bond motifs is 2. The molecule has 2 N–H and O–H groups in total. The molecule has 0 atom stereocenters. The largest absolute Gasteiger partial charge is 2.00 e. The monoisotopic (exact) mass is 446 g/mol. The van der Waals surface area contributed by atoms with E-state index in [0.717, 1.165) is 0 Å². The number of carbonyl (C=O) groups excluding carboxylic acids is 2. The Morgan fingerprint density at radius 3 is 1.23 bits per heavy atom. The molecule has 2 aliphatic heterocycles. The van der Waals surface area contributed by atoms with Crippen LogP contribution >= 0.6 is 0 Å². The van der Waals surface area contributed by atoms with E-state index in [9.17, 15) is 26.4 Å². The first-order valence-electron chi connectivity index (χ1n) is 6.45. The molecule has 0 aliphatic carbocycles. The van der Waals surface area contributed by atoms with E-state index < -0.39 is 31.9 Å². The third-order valence-electron chi connectivity index (χ3n) is 3.20. The Morgan fingerprint density at radius 2 is 0.923 bits per heavy atom. The normalized spacial score (nSPS) is 17.1. The van der Waals surface area contributed by atoms with Gasteiger partial charge in [0.25, 0.3) is 0 Å². The molecule has 0 fully saturated rings. The molecule has 26 heavy (non-hydrogen) atoms. The van der Waals surface area contributed by atoms with Crippen LogP contribution in [0.15, 0.2) is 58.3 Å². The van der Waals surface area contributed by atoms with Gasteiger partial charge in [0.05, 0.1) is 21.6 Å². The van der Waals surface area contributed by atoms with Crippen molar-refractivity contribution in [3.63, 3.8) is 0 Å². The fourth-order valence-corrected chi connectivity index (χ4v) is 4.35. The third kappa shape index (κ3) is 3.83. The van der Waals surface area contributed by atoms with Crippen LogP contribution in [0.4, 0.5) is 0 Å². The van der Waals surface area contributed by atoms with Crippen LogP contribution in [-0.2, 0) is 39.5 Å². The zero-order valence-electron chi connectivity index (χ0n) is 13.0. The average molecular weight is 448 g/mol. The molecule has 2 aromatic carbocycles. The number of hydrogen-bond donors (Lipinski definition) is 0. The van der Waals surface area contributed by atoms with Crippen LogP contribution in [0.5, 0.6) is 0 Å². The predicted octanol–water partition coefficient (Wildman–Crippen LogP) is 0.978. The molecule has 132 valence electrons. The van der Waals surface area contributed by atoms with Gasteiger partial charge in [-0.25, -0.2) is 16.8 Å². The maximum Gasteiger partial charge on any atom is 2.00 e. The summed E-state index contributed by atoms with van der Waals surface area (Å²) in [6.07, 6.45) is 0. The average Bonchev–Trinajstić information content (AvgIpc) is 2.91. The van der Waals surface area contributed by atoms with Crippen LogP contribution < -0.4 is 0 Å². The van der Waals surface area contributed by atoms with E-state index in [1.54, 1.807) is 24.3 Å². The first-order valence-corrected chi connectivity index (χ1v) is 9.33. The Balaban J connectivity index is 0.000000241. The first-order chi connectivity index (χ1) is 11.2. The molecule has 2 aliphatic rings. The molecule has 2 aromatic rings. The number of nitrogens with zero attached hydrogens (tertiary/aromatic N) is 2. The van der Waals surface area contributed by atoms with E-state index >= 15 is 0 Å². The van der Waals surface area contributed by atoms with Crippen LogP contribution in [0.2, 0.25) is 0 Å². The second-order valence-corrected chi connectivity index (χ2v) is 7.88. The molecule has 2 amide bonds. The van der Waals surface area contributed by atoms with E-state index in [1.807, 2.05) is 0 Å². The van der Waals surface area contributed by atoms with Crippen molar-refractivity contribution in [3.05, 3.63) is 69.1 Å². The Labute approximate surface area is 162 Å². The minimum atomic E-state index is -3.68. The standard InChI is InChI=1S/2C7H5NO3S.H2O.Zn/c2*9-7-5-3-1-2-4-6(5)12(10,11)8-7;;/h2*1-4H,(H,8,9);1H2;/q;;;+2/p-2. The van der Waals surface area contributed by atoms with Crippen molar-refractivity contribution < 1.29 is 51.4 Å². The Kier molecular flexibility index (Phi) is 6.42. The first kappa shape index (κ1) is 21.9. The Bertz CT molecular complexity index is 994. The number of sulfonamides is 2. The summed E-state index contributed by atoms with van der Waals surface area (Å²) < 4.78 is 50.3. The van der Waals surface area contributed by atoms with Gasteiger partial charge in [0.2, 0.25) is 0 Å². The van der Waals surface area contributed by atoms with Gasteiger partial charge in [-0.05, 0) is 12.1 Å². The molecule has 0 saturated carbocycles. The zero-order valence-corrected chi connectivity index (χ0v) is 17.6. The van der Waals surface area contributed by atoms with Gasteiger partial charge in [-0.2, -0.15) is 0 Å². The van der Waals surface area contributed by atoms with Crippen LogP contribution in [0, 0.1) is 0 Å². The van der Waals surface area contributed by atoms with Crippen LogP contribution in [0.3, 0.4) is 0 Å². The van der Waals surface area contributed by atoms with Gasteiger partial charge in [0.15, 0.2) is 0 Å². The second kappa shape index (κ2) is 7.62. The minimum absolute atomic E-state index is 0. The van der Waals surface area contributed by atoms with Crippen molar-refractivity contribution >= 4 is 31.9 Å². The number of benzene rings is 2. The van der Waals surface area contributed by atoms with E-state index in [0.29, 0.717) is 0 Å². The molecule has 4 rings (SSSR count). The molecule has 0 unspecified atom stereocenters. The van der Waals surface area contributed by atoms with Gasteiger partial charge in [0.1, 0.15) is 20.0 Å². The predicted molar refractivity (Wildman–Crippen MR) is 86.2 cm³/mol. The summed E-state index contributed by atoms with van der Waals surface area (Å²) >= 11 is 0. The molecule has 0 bridgehead atoms. The summed E-state index contributed by atoms with van der Waals surface area (Å²) in [7, 11) is -7.36. The van der Waals surface area contributed by atoms with Gasteiger partial charge in [-0.15, -0.1) is 0 Å². The molecule has 0 radical (unpaired) electrons. The number of rotatable bonds is 0. The summed E-state index contributed by atoms with van der Waals surface area (Å²) in [5.74, 6) is -1.35. The van der Waals surface area contributed by atoms with Crippen molar-refractivity contribution in [1.29, 1.82) is 0 Å². The summed E-state index contributed by atoms with van der Waals surface area (Å²) in [5, 5.41) is 0. The van der Waals surface area contributed by atoms with E-state index in [4.69, 9.17) is 0 Å². The van der Waals surface area contributed by atoms with Gasteiger partial charge in [-0.3, -0.25) is 0 Å². The number of carbonyl (C=O) groups is 2. The van der Waals surface area contributed by atoms with Crippen LogP contribution in [0.25, 0.3) is 9.44 Å². The van der Waals surface area contributed by atoms with Gasteiger partial charge >= 0.3 is 19.5 Å². The summed E-state index contributed by atoms with van der Waals surface area (Å²) in [4.78, 5) is 21.9. The van der Waals surface area contributed by atoms with Crippen molar-refractivity contribution in [2.75, 3.05) is 0 Å². The molecule has 2 heterocycles. The van der Waals surface area contributed by atoms with Crippen molar-refractivity contribution in [3.8, 4) is 0 Å². The SMILES string of the molecule is O.O=C1[N-]S(=O)(=O)c2ccccc21.O=C1[N-]S(=O)(=O)c2ccccc21.[Zn+2]. The van der Waals surface area contributed by atoms with Crippen molar-refractivity contribution in [2.45, 2.75) is 9.79 Å². The zero-order chi connectivity index (χ0) is 17.5. The van der Waals surface area contributed by atoms with Gasteiger partial charge in [0, 0.05) is 11.1 Å². The van der Waals surface area contributed by atoms with Crippen LogP contribution in [0.1, 0.15) is 20.7 Å². The number of hydrogen-bond acceptors (Lipinski definition) is 6. The van der Waals surface area contributed by atoms with Crippen molar-refractivity contribution in [2.24, 2.45) is 0 Å². The maximum absolute atomic E-state index is 11.1. The maximum atomic E-state index is 11.1. The van der Waals surface area contributed by atoms with E-state index in [-0.39, 0.29) is 45.9 Å². The molecule has 9 nitrogen and oxygen atoms in total.